The summed E-state index contributed by atoms with van der Waals surface area (Å²) in [6, 6.07) is 5.83. The van der Waals surface area contributed by atoms with Gasteiger partial charge in [-0.1, -0.05) is 6.07 Å². The number of amides is 1. The Labute approximate surface area is 129 Å². The molecular weight excluding hydrogens is 290 g/mol. The van der Waals surface area contributed by atoms with E-state index < -0.39 is 0 Å². The van der Waals surface area contributed by atoms with Crippen molar-refractivity contribution in [2.45, 2.75) is 19.3 Å². The number of aromatic amines is 1. The Kier molecular flexibility index (Phi) is 5.16. The molecule has 0 atom stereocenters. The maximum Gasteiger partial charge on any atom is 0.251 e. The first-order valence-electron chi connectivity index (χ1n) is 6.83. The van der Waals surface area contributed by atoms with E-state index >= 15 is 0 Å². The third-order valence-electron chi connectivity index (χ3n) is 3.45. The molecule has 2 aromatic rings. The van der Waals surface area contributed by atoms with E-state index in [1.54, 1.807) is 0 Å². The maximum atomic E-state index is 12.3. The maximum absolute atomic E-state index is 12.3. The molecule has 21 heavy (non-hydrogen) atoms. The molecule has 7 heteroatoms. The molecule has 0 saturated heterocycles. The molecule has 2 heterocycles. The van der Waals surface area contributed by atoms with Gasteiger partial charge in [0.1, 0.15) is 12.2 Å². The van der Waals surface area contributed by atoms with Crippen LogP contribution in [0.2, 0.25) is 0 Å². The molecule has 0 saturated carbocycles. The highest BCUT2D eigenvalue weighted by Gasteiger charge is 2.16. The van der Waals surface area contributed by atoms with Gasteiger partial charge in [-0.3, -0.25) is 9.89 Å². The van der Waals surface area contributed by atoms with E-state index in [4.69, 9.17) is 0 Å². The summed E-state index contributed by atoms with van der Waals surface area (Å²) in [5.41, 5.74) is 2.97. The molecule has 1 aromatic heterocycles. The molecule has 0 spiro atoms. The largest absolute Gasteiger partial charge is 0.385 e. The van der Waals surface area contributed by atoms with Crippen LogP contribution in [-0.4, -0.2) is 34.2 Å². The number of nitrogens with zero attached hydrogens (tertiary/aromatic N) is 2. The number of carbonyl (C=O) groups excluding carboxylic acids is 1. The van der Waals surface area contributed by atoms with Crippen molar-refractivity contribution in [1.82, 2.24) is 20.5 Å². The number of carbonyl (C=O) groups is 1. The van der Waals surface area contributed by atoms with E-state index in [1.807, 2.05) is 18.2 Å². The van der Waals surface area contributed by atoms with E-state index in [9.17, 15) is 4.79 Å². The number of rotatable bonds is 4. The zero-order valence-electron chi connectivity index (χ0n) is 11.6. The van der Waals surface area contributed by atoms with E-state index in [0.717, 1.165) is 42.0 Å². The molecule has 1 amide bonds. The zero-order valence-corrected chi connectivity index (χ0v) is 12.4. The van der Waals surface area contributed by atoms with Crippen LogP contribution >= 0.6 is 12.4 Å². The van der Waals surface area contributed by atoms with Crippen molar-refractivity contribution in [2.75, 3.05) is 18.4 Å². The van der Waals surface area contributed by atoms with E-state index in [-0.39, 0.29) is 18.3 Å². The minimum atomic E-state index is -0.0231. The Morgan fingerprint density at radius 1 is 1.38 bits per heavy atom. The minimum absolute atomic E-state index is 0. The lowest BCUT2D eigenvalue weighted by molar-refractivity contribution is 0.0953. The second-order valence-corrected chi connectivity index (χ2v) is 4.80. The summed E-state index contributed by atoms with van der Waals surface area (Å²) in [7, 11) is 0. The number of nitrogens with one attached hydrogen (secondary N) is 3. The van der Waals surface area contributed by atoms with Crippen LogP contribution in [0, 0.1) is 0 Å². The number of aromatic nitrogens is 3. The molecule has 0 radical (unpaired) electrons. The lowest BCUT2D eigenvalue weighted by Crippen LogP contribution is -2.28. The first-order valence-corrected chi connectivity index (χ1v) is 6.83. The summed E-state index contributed by atoms with van der Waals surface area (Å²) in [6.07, 6.45) is 4.14. The fourth-order valence-corrected chi connectivity index (χ4v) is 2.46. The summed E-state index contributed by atoms with van der Waals surface area (Å²) in [5, 5.41) is 12.8. The predicted molar refractivity (Wildman–Crippen MR) is 82.9 cm³/mol. The summed E-state index contributed by atoms with van der Waals surface area (Å²) < 4.78 is 0. The topological polar surface area (TPSA) is 82.7 Å². The van der Waals surface area contributed by atoms with Crippen molar-refractivity contribution in [3.63, 3.8) is 0 Å². The number of anilines is 1. The Balaban J connectivity index is 0.00000161. The average Bonchev–Trinajstić information content (AvgIpc) is 3.00. The second-order valence-electron chi connectivity index (χ2n) is 4.80. The first kappa shape index (κ1) is 15.3. The fraction of sp³-hybridized carbons (Fsp3) is 0.357. The standard InChI is InChI=1S/C14H17N5O.ClH/c20-14(16-8-6-13-17-9-18-19-13)11-3-1-5-12-10(11)4-2-7-15-12;/h1,3,5,9,15H,2,4,6-8H2,(H,16,20)(H,17,18,19);1H. The first-order chi connectivity index (χ1) is 9.84. The molecule has 3 rings (SSSR count). The van der Waals surface area contributed by atoms with Crippen LogP contribution in [-0.2, 0) is 12.8 Å². The lowest BCUT2D eigenvalue weighted by atomic mass is 9.97. The van der Waals surface area contributed by atoms with Crippen LogP contribution in [0.4, 0.5) is 5.69 Å². The number of hydrogen-bond donors (Lipinski definition) is 3. The molecule has 0 unspecified atom stereocenters. The molecule has 0 fully saturated rings. The van der Waals surface area contributed by atoms with Gasteiger partial charge in [0.05, 0.1) is 0 Å². The monoisotopic (exact) mass is 307 g/mol. The summed E-state index contributed by atoms with van der Waals surface area (Å²) >= 11 is 0. The molecule has 0 bridgehead atoms. The Morgan fingerprint density at radius 2 is 2.29 bits per heavy atom. The van der Waals surface area contributed by atoms with Crippen LogP contribution in [0.5, 0.6) is 0 Å². The van der Waals surface area contributed by atoms with E-state index in [0.29, 0.717) is 13.0 Å². The van der Waals surface area contributed by atoms with Gasteiger partial charge < -0.3 is 10.6 Å². The number of fused-ring (bicyclic) bond motifs is 1. The zero-order chi connectivity index (χ0) is 13.8. The van der Waals surface area contributed by atoms with Crippen molar-refractivity contribution in [2.24, 2.45) is 0 Å². The second kappa shape index (κ2) is 7.08. The number of benzene rings is 1. The number of H-pyrrole nitrogens is 1. The molecule has 3 N–H and O–H groups in total. The van der Waals surface area contributed by atoms with Gasteiger partial charge in [0.2, 0.25) is 0 Å². The SMILES string of the molecule is Cl.O=C(NCCc1ncn[nH]1)c1cccc2c1CCCN2. The van der Waals surface area contributed by atoms with Gasteiger partial charge in [-0.15, -0.1) is 12.4 Å². The third kappa shape index (κ3) is 3.52. The van der Waals surface area contributed by atoms with E-state index in [1.165, 1.54) is 6.33 Å². The lowest BCUT2D eigenvalue weighted by Gasteiger charge is -2.20. The number of hydrogen-bond acceptors (Lipinski definition) is 4. The molecule has 6 nitrogen and oxygen atoms in total. The summed E-state index contributed by atoms with van der Waals surface area (Å²) in [6.45, 7) is 1.52. The Hall–Kier alpha value is -2.08. The van der Waals surface area contributed by atoms with Crippen molar-refractivity contribution >= 4 is 24.0 Å². The Bertz CT molecular complexity index is 599. The van der Waals surface area contributed by atoms with Crippen LogP contribution < -0.4 is 10.6 Å². The number of halogens is 1. The predicted octanol–water partition coefficient (Wildman–Crippen LogP) is 1.56. The van der Waals surface area contributed by atoms with Gasteiger partial charge in [-0.25, -0.2) is 4.98 Å². The van der Waals surface area contributed by atoms with Crippen molar-refractivity contribution in [1.29, 1.82) is 0 Å². The van der Waals surface area contributed by atoms with E-state index in [2.05, 4.69) is 25.8 Å². The fourth-order valence-electron chi connectivity index (χ4n) is 2.46. The highest BCUT2D eigenvalue weighted by molar-refractivity contribution is 5.97. The van der Waals surface area contributed by atoms with Gasteiger partial charge in [-0.05, 0) is 30.5 Å². The van der Waals surface area contributed by atoms with Gasteiger partial charge in [0.25, 0.3) is 5.91 Å². The average molecular weight is 308 g/mol. The molecule has 1 aliphatic rings. The smallest absolute Gasteiger partial charge is 0.251 e. The van der Waals surface area contributed by atoms with Gasteiger partial charge >= 0.3 is 0 Å². The molecule has 1 aliphatic heterocycles. The quantitative estimate of drug-likeness (QED) is 0.800. The van der Waals surface area contributed by atoms with Crippen molar-refractivity contribution in [3.8, 4) is 0 Å². The molecule has 112 valence electrons. The highest BCUT2D eigenvalue weighted by Crippen LogP contribution is 2.25. The minimum Gasteiger partial charge on any atom is -0.385 e. The third-order valence-corrected chi connectivity index (χ3v) is 3.45. The normalized spacial score (nSPS) is 12.8. The van der Waals surface area contributed by atoms with Crippen LogP contribution in [0.25, 0.3) is 0 Å². The molecule has 1 aromatic carbocycles. The highest BCUT2D eigenvalue weighted by atomic mass is 35.5. The molecule has 0 aliphatic carbocycles. The van der Waals surface area contributed by atoms with Crippen LogP contribution in [0.15, 0.2) is 24.5 Å². The van der Waals surface area contributed by atoms with Gasteiger partial charge in [0.15, 0.2) is 0 Å². The summed E-state index contributed by atoms with van der Waals surface area (Å²) in [5.74, 6) is 0.757. The Morgan fingerprint density at radius 3 is 3.10 bits per heavy atom. The van der Waals surface area contributed by atoms with Crippen molar-refractivity contribution < 1.29 is 4.79 Å². The van der Waals surface area contributed by atoms with Crippen LogP contribution in [0.3, 0.4) is 0 Å². The van der Waals surface area contributed by atoms with Gasteiger partial charge in [-0.2, -0.15) is 5.10 Å². The molecular formula is C14H18ClN5O. The van der Waals surface area contributed by atoms with Crippen molar-refractivity contribution in [3.05, 3.63) is 41.5 Å². The summed E-state index contributed by atoms with van der Waals surface area (Å²) in [4.78, 5) is 16.3. The van der Waals surface area contributed by atoms with Gasteiger partial charge in [0, 0.05) is 30.8 Å². The van der Waals surface area contributed by atoms with Crippen LogP contribution in [0.1, 0.15) is 28.2 Å².